The first kappa shape index (κ1) is 24.1. The minimum absolute atomic E-state index is 0.369. The van der Waals surface area contributed by atoms with Crippen LogP contribution in [0.25, 0.3) is 27.8 Å². The highest BCUT2D eigenvalue weighted by atomic mass is 16.4. The maximum absolute atomic E-state index is 12.1. The van der Waals surface area contributed by atoms with E-state index in [4.69, 9.17) is 9.97 Å². The number of rotatable bonds is 6. The van der Waals surface area contributed by atoms with E-state index in [2.05, 4.69) is 22.5 Å². The Kier molecular flexibility index (Phi) is 6.60. The largest absolute Gasteiger partial charge is 0.488 e. The molecule has 0 radical (unpaired) electrons. The lowest BCUT2D eigenvalue weighted by Gasteiger charge is -2.14. The van der Waals surface area contributed by atoms with Crippen LogP contribution in [0.1, 0.15) is 18.2 Å². The number of fused-ring (bicyclic) bond motifs is 2. The molecule has 0 unspecified atom stereocenters. The van der Waals surface area contributed by atoms with Crippen LogP contribution in [0.3, 0.4) is 0 Å². The molecule has 0 atom stereocenters. The number of aryl methyl sites for hydroxylation is 1. The summed E-state index contributed by atoms with van der Waals surface area (Å²) in [7, 11) is -1.53. The molecule has 4 N–H and O–H groups in total. The first-order valence-electron chi connectivity index (χ1n) is 11.8. The number of carbonyl (C=O) groups excluding carboxylic acids is 1. The van der Waals surface area contributed by atoms with Crippen molar-refractivity contribution >= 4 is 51.8 Å². The zero-order valence-electron chi connectivity index (χ0n) is 20.4. The second kappa shape index (κ2) is 10.1. The molecule has 0 aliphatic heterocycles. The molecule has 0 saturated heterocycles. The molecule has 182 valence electrons. The lowest BCUT2D eigenvalue weighted by atomic mass is 9.80. The van der Waals surface area contributed by atoms with Gasteiger partial charge in [-0.3, -0.25) is 9.36 Å². The smallest absolute Gasteiger partial charge is 0.423 e. The Balaban J connectivity index is 1.57. The van der Waals surface area contributed by atoms with Gasteiger partial charge in [0.2, 0.25) is 5.95 Å². The standard InChI is InChI=1S/C28H24BN5O3/c1-3-8-26(35)31-24-13-7-14-25-22(24)15-18(2)34(25)28-32-23-12-5-4-11-21(23)27(33-28)30-17-19-9-6-10-20(16-19)29(36)37/h4-7,9-16,36-37H,17H2,1-2H3,(H,31,35)(H,30,32,33). The summed E-state index contributed by atoms with van der Waals surface area (Å²) in [6.45, 7) is 4.02. The van der Waals surface area contributed by atoms with Gasteiger partial charge in [0.1, 0.15) is 5.82 Å². The molecular formula is C28H24BN5O3. The van der Waals surface area contributed by atoms with Crippen LogP contribution in [0.5, 0.6) is 0 Å². The fourth-order valence-electron chi connectivity index (χ4n) is 4.35. The molecule has 2 aromatic heterocycles. The van der Waals surface area contributed by atoms with Crippen molar-refractivity contribution in [3.8, 4) is 17.8 Å². The highest BCUT2D eigenvalue weighted by Gasteiger charge is 2.16. The van der Waals surface area contributed by atoms with E-state index in [-0.39, 0.29) is 5.91 Å². The van der Waals surface area contributed by atoms with Crippen molar-refractivity contribution in [1.82, 2.24) is 14.5 Å². The van der Waals surface area contributed by atoms with Crippen molar-refractivity contribution in [2.24, 2.45) is 0 Å². The molecule has 9 heteroatoms. The summed E-state index contributed by atoms with van der Waals surface area (Å²) in [5.74, 6) is 5.90. The number of nitrogens with one attached hydrogen (secondary N) is 2. The summed E-state index contributed by atoms with van der Waals surface area (Å²) in [4.78, 5) is 21.8. The van der Waals surface area contributed by atoms with Crippen molar-refractivity contribution in [2.45, 2.75) is 20.4 Å². The van der Waals surface area contributed by atoms with Crippen LogP contribution in [-0.2, 0) is 11.3 Å². The van der Waals surface area contributed by atoms with Gasteiger partial charge in [0.25, 0.3) is 5.91 Å². The van der Waals surface area contributed by atoms with Crippen LogP contribution in [0.2, 0.25) is 0 Å². The lowest BCUT2D eigenvalue weighted by molar-refractivity contribution is -0.111. The predicted octanol–water partition coefficient (Wildman–Crippen LogP) is 3.14. The van der Waals surface area contributed by atoms with Crippen molar-refractivity contribution < 1.29 is 14.8 Å². The third-order valence-corrected chi connectivity index (χ3v) is 6.02. The number of benzene rings is 3. The zero-order chi connectivity index (χ0) is 25.9. The van der Waals surface area contributed by atoms with Crippen molar-refractivity contribution in [3.63, 3.8) is 0 Å². The molecule has 2 heterocycles. The van der Waals surface area contributed by atoms with Crippen molar-refractivity contribution in [2.75, 3.05) is 10.6 Å². The van der Waals surface area contributed by atoms with Gasteiger partial charge in [-0.15, -0.1) is 0 Å². The molecule has 5 aromatic rings. The fourth-order valence-corrected chi connectivity index (χ4v) is 4.35. The first-order valence-corrected chi connectivity index (χ1v) is 11.8. The fraction of sp³-hybridized carbons (Fsp3) is 0.107. The van der Waals surface area contributed by atoms with E-state index < -0.39 is 7.12 Å². The van der Waals surface area contributed by atoms with Gasteiger partial charge in [-0.25, -0.2) is 4.98 Å². The number of carbonyl (C=O) groups is 1. The summed E-state index contributed by atoms with van der Waals surface area (Å²) >= 11 is 0. The number of aromatic nitrogens is 3. The molecule has 5 rings (SSSR count). The molecule has 0 bridgehead atoms. The normalized spacial score (nSPS) is 10.7. The third kappa shape index (κ3) is 4.89. The van der Waals surface area contributed by atoms with Gasteiger partial charge < -0.3 is 20.7 Å². The molecule has 0 fully saturated rings. The highest BCUT2D eigenvalue weighted by molar-refractivity contribution is 6.58. The maximum Gasteiger partial charge on any atom is 0.488 e. The number of anilines is 2. The van der Waals surface area contributed by atoms with Gasteiger partial charge in [0.15, 0.2) is 0 Å². The zero-order valence-corrected chi connectivity index (χ0v) is 20.4. The quantitative estimate of drug-likeness (QED) is 0.216. The van der Waals surface area contributed by atoms with Crippen LogP contribution in [0.4, 0.5) is 11.5 Å². The van der Waals surface area contributed by atoms with Crippen LogP contribution in [-0.4, -0.2) is 37.6 Å². The summed E-state index contributed by atoms with van der Waals surface area (Å²) in [5.41, 5.74) is 4.51. The van der Waals surface area contributed by atoms with Crippen molar-refractivity contribution in [1.29, 1.82) is 0 Å². The molecule has 37 heavy (non-hydrogen) atoms. The maximum atomic E-state index is 12.1. The second-order valence-corrected chi connectivity index (χ2v) is 8.55. The third-order valence-electron chi connectivity index (χ3n) is 6.02. The van der Waals surface area contributed by atoms with Gasteiger partial charge in [-0.05, 0) is 61.1 Å². The van der Waals surface area contributed by atoms with Crippen LogP contribution < -0.4 is 16.1 Å². The van der Waals surface area contributed by atoms with Gasteiger partial charge in [0, 0.05) is 23.0 Å². The number of hydrogen-bond donors (Lipinski definition) is 4. The summed E-state index contributed by atoms with van der Waals surface area (Å²) in [6.07, 6.45) is 0. The van der Waals surface area contributed by atoms with E-state index in [0.29, 0.717) is 29.5 Å². The van der Waals surface area contributed by atoms with Gasteiger partial charge in [0.05, 0.1) is 16.7 Å². The Morgan fingerprint density at radius 3 is 2.62 bits per heavy atom. The van der Waals surface area contributed by atoms with E-state index in [9.17, 15) is 14.8 Å². The molecule has 1 amide bonds. The van der Waals surface area contributed by atoms with Gasteiger partial charge >= 0.3 is 7.12 Å². The SMILES string of the molecule is CC#CC(=O)Nc1cccc2c1cc(C)n2-c1nc(NCc2cccc(B(O)O)c2)c2ccccc2n1. The first-order chi connectivity index (χ1) is 17.9. The van der Waals surface area contributed by atoms with Crippen LogP contribution in [0, 0.1) is 18.8 Å². The topological polar surface area (TPSA) is 112 Å². The Bertz CT molecular complexity index is 1700. The Hall–Kier alpha value is -4.65. The molecule has 8 nitrogen and oxygen atoms in total. The Morgan fingerprint density at radius 1 is 1.00 bits per heavy atom. The second-order valence-electron chi connectivity index (χ2n) is 8.55. The molecule has 0 saturated carbocycles. The molecule has 3 aromatic carbocycles. The average Bonchev–Trinajstić information content (AvgIpc) is 3.24. The van der Waals surface area contributed by atoms with E-state index in [1.165, 1.54) is 0 Å². The summed E-state index contributed by atoms with van der Waals surface area (Å²) in [5, 5.41) is 27.0. The van der Waals surface area contributed by atoms with E-state index >= 15 is 0 Å². The predicted molar refractivity (Wildman–Crippen MR) is 147 cm³/mol. The van der Waals surface area contributed by atoms with E-state index in [0.717, 1.165) is 33.1 Å². The van der Waals surface area contributed by atoms with Crippen molar-refractivity contribution in [3.05, 3.63) is 84.1 Å². The molecule has 0 aliphatic rings. The molecular weight excluding hydrogens is 465 g/mol. The van der Waals surface area contributed by atoms with Gasteiger partial charge in [-0.2, -0.15) is 4.98 Å². The summed E-state index contributed by atoms with van der Waals surface area (Å²) in [6, 6.07) is 22.5. The average molecular weight is 489 g/mol. The van der Waals surface area contributed by atoms with Crippen LogP contribution in [0.15, 0.2) is 72.8 Å². The monoisotopic (exact) mass is 489 g/mol. The van der Waals surface area contributed by atoms with E-state index in [1.54, 1.807) is 25.1 Å². The number of amides is 1. The van der Waals surface area contributed by atoms with E-state index in [1.807, 2.05) is 66.1 Å². The Labute approximate surface area is 214 Å². The minimum atomic E-state index is -1.53. The number of hydrogen-bond acceptors (Lipinski definition) is 6. The minimum Gasteiger partial charge on any atom is -0.423 e. The Morgan fingerprint density at radius 2 is 1.81 bits per heavy atom. The summed E-state index contributed by atoms with van der Waals surface area (Å²) < 4.78 is 1.96. The highest BCUT2D eigenvalue weighted by Crippen LogP contribution is 2.30. The molecule has 0 spiro atoms. The number of para-hydroxylation sites is 1. The lowest BCUT2D eigenvalue weighted by Crippen LogP contribution is -2.30. The molecule has 0 aliphatic carbocycles. The van der Waals surface area contributed by atoms with Gasteiger partial charge in [-0.1, -0.05) is 48.4 Å². The number of nitrogens with zero attached hydrogens (tertiary/aromatic N) is 3. The van der Waals surface area contributed by atoms with Crippen LogP contribution >= 0.6 is 0 Å².